The van der Waals surface area contributed by atoms with Crippen LogP contribution in [0.4, 0.5) is 11.4 Å². The minimum atomic E-state index is -3.81. The third-order valence-electron chi connectivity index (χ3n) is 5.51. The summed E-state index contributed by atoms with van der Waals surface area (Å²) in [6, 6.07) is 26.9. The Kier molecular flexibility index (Phi) is 8.04. The molecule has 0 radical (unpaired) electrons. The zero-order chi connectivity index (χ0) is 25.7. The van der Waals surface area contributed by atoms with E-state index in [0.29, 0.717) is 22.0 Å². The van der Waals surface area contributed by atoms with Gasteiger partial charge in [0.05, 0.1) is 10.6 Å². The fraction of sp³-hybridized carbons (Fsp3) is 0.107. The van der Waals surface area contributed by atoms with Crippen LogP contribution in [0, 0.1) is 13.8 Å². The van der Waals surface area contributed by atoms with Crippen LogP contribution in [-0.2, 0) is 15.8 Å². The molecule has 1 amide bonds. The number of nitrogens with one attached hydrogen (secondary N) is 2. The van der Waals surface area contributed by atoms with Crippen molar-refractivity contribution in [2.45, 2.75) is 29.4 Å². The fourth-order valence-corrected chi connectivity index (χ4v) is 5.53. The third kappa shape index (κ3) is 6.69. The predicted molar refractivity (Wildman–Crippen MR) is 149 cm³/mol. The van der Waals surface area contributed by atoms with Crippen LogP contribution in [0.1, 0.15) is 27.0 Å². The quantitative estimate of drug-likeness (QED) is 0.232. The van der Waals surface area contributed by atoms with Crippen LogP contribution in [0.2, 0.25) is 5.02 Å². The molecular weight excluding hydrogens is 512 g/mol. The standard InChI is InChI=1S/C28H25ClN2O3S2/c1-19-3-13-25(14-4-19)35-18-21-6-8-22(9-7-21)28(32)30-24-11-15-26(16-12-24)36(33,34)31-27-17-23(29)10-5-20(27)2/h3-17,31H,18H2,1-2H3,(H,30,32). The predicted octanol–water partition coefficient (Wildman–Crippen LogP) is 7.30. The van der Waals surface area contributed by atoms with E-state index < -0.39 is 10.0 Å². The zero-order valence-corrected chi connectivity index (χ0v) is 22.2. The van der Waals surface area contributed by atoms with E-state index in [9.17, 15) is 13.2 Å². The van der Waals surface area contributed by atoms with Crippen LogP contribution < -0.4 is 10.0 Å². The Morgan fingerprint density at radius 1 is 0.861 bits per heavy atom. The number of benzene rings is 4. The summed E-state index contributed by atoms with van der Waals surface area (Å²) in [4.78, 5) is 13.9. The van der Waals surface area contributed by atoms with Crippen molar-refractivity contribution in [2.24, 2.45) is 0 Å². The number of hydrogen-bond acceptors (Lipinski definition) is 4. The van der Waals surface area contributed by atoms with Crippen molar-refractivity contribution in [1.82, 2.24) is 0 Å². The number of aryl methyl sites for hydroxylation is 2. The van der Waals surface area contributed by atoms with Gasteiger partial charge >= 0.3 is 0 Å². The van der Waals surface area contributed by atoms with Gasteiger partial charge in [0.15, 0.2) is 0 Å². The Morgan fingerprint density at radius 2 is 1.53 bits per heavy atom. The highest BCUT2D eigenvalue weighted by molar-refractivity contribution is 7.98. The van der Waals surface area contributed by atoms with Crippen LogP contribution in [-0.4, -0.2) is 14.3 Å². The van der Waals surface area contributed by atoms with Crippen molar-refractivity contribution in [3.05, 3.63) is 118 Å². The Bertz CT molecular complexity index is 1470. The first kappa shape index (κ1) is 25.8. The topological polar surface area (TPSA) is 75.3 Å². The molecule has 0 aliphatic rings. The van der Waals surface area contributed by atoms with E-state index in [-0.39, 0.29) is 10.8 Å². The molecule has 4 aromatic carbocycles. The van der Waals surface area contributed by atoms with Crippen molar-refractivity contribution in [2.75, 3.05) is 10.0 Å². The third-order valence-corrected chi connectivity index (χ3v) is 8.21. The van der Waals surface area contributed by atoms with Gasteiger partial charge in [-0.3, -0.25) is 9.52 Å². The number of thioether (sulfide) groups is 1. The smallest absolute Gasteiger partial charge is 0.261 e. The highest BCUT2D eigenvalue weighted by atomic mass is 35.5. The van der Waals surface area contributed by atoms with Gasteiger partial charge in [0.25, 0.3) is 15.9 Å². The lowest BCUT2D eigenvalue weighted by Crippen LogP contribution is -2.14. The maximum Gasteiger partial charge on any atom is 0.261 e. The molecule has 0 saturated heterocycles. The summed E-state index contributed by atoms with van der Waals surface area (Å²) in [5, 5.41) is 3.25. The lowest BCUT2D eigenvalue weighted by atomic mass is 10.1. The molecule has 0 atom stereocenters. The second kappa shape index (κ2) is 11.2. The Labute approximate surface area is 221 Å². The van der Waals surface area contributed by atoms with E-state index in [1.165, 1.54) is 22.6 Å². The van der Waals surface area contributed by atoms with Gasteiger partial charge < -0.3 is 5.32 Å². The van der Waals surface area contributed by atoms with Crippen LogP contribution in [0.5, 0.6) is 0 Å². The van der Waals surface area contributed by atoms with Crippen molar-refractivity contribution in [3.8, 4) is 0 Å². The van der Waals surface area contributed by atoms with Gasteiger partial charge in [-0.25, -0.2) is 8.42 Å². The van der Waals surface area contributed by atoms with Crippen LogP contribution in [0.15, 0.2) is 101 Å². The highest BCUT2D eigenvalue weighted by Crippen LogP contribution is 2.25. The normalized spacial score (nSPS) is 11.2. The van der Waals surface area contributed by atoms with Crippen molar-refractivity contribution < 1.29 is 13.2 Å². The Morgan fingerprint density at radius 3 is 2.19 bits per heavy atom. The number of carbonyl (C=O) groups is 1. The molecule has 2 N–H and O–H groups in total. The lowest BCUT2D eigenvalue weighted by molar-refractivity contribution is 0.102. The molecule has 0 aliphatic heterocycles. The highest BCUT2D eigenvalue weighted by Gasteiger charge is 2.16. The van der Waals surface area contributed by atoms with E-state index in [4.69, 9.17) is 11.6 Å². The second-order valence-electron chi connectivity index (χ2n) is 8.34. The molecule has 184 valence electrons. The van der Waals surface area contributed by atoms with Gasteiger partial charge in [0.2, 0.25) is 0 Å². The summed E-state index contributed by atoms with van der Waals surface area (Å²) in [7, 11) is -3.81. The molecule has 0 bridgehead atoms. The maximum absolute atomic E-state index is 12.8. The molecule has 0 fully saturated rings. The van der Waals surface area contributed by atoms with Gasteiger partial charge in [0.1, 0.15) is 0 Å². The van der Waals surface area contributed by atoms with Crippen LogP contribution in [0.3, 0.4) is 0 Å². The number of amides is 1. The van der Waals surface area contributed by atoms with Crippen LogP contribution in [0.25, 0.3) is 0 Å². The van der Waals surface area contributed by atoms with E-state index in [2.05, 4.69) is 41.2 Å². The van der Waals surface area contributed by atoms with Gasteiger partial charge in [-0.05, 0) is 85.6 Å². The summed E-state index contributed by atoms with van der Waals surface area (Å²) in [6.07, 6.45) is 0. The molecule has 36 heavy (non-hydrogen) atoms. The van der Waals surface area contributed by atoms with Gasteiger partial charge in [-0.15, -0.1) is 11.8 Å². The maximum atomic E-state index is 12.8. The van der Waals surface area contributed by atoms with Crippen molar-refractivity contribution in [1.29, 1.82) is 0 Å². The lowest BCUT2D eigenvalue weighted by Gasteiger charge is -2.12. The molecular formula is C28H25ClN2O3S2. The molecule has 0 unspecified atom stereocenters. The SMILES string of the molecule is Cc1ccc(SCc2ccc(C(=O)Nc3ccc(S(=O)(=O)Nc4cc(Cl)ccc4C)cc3)cc2)cc1. The zero-order valence-electron chi connectivity index (χ0n) is 19.8. The number of rotatable bonds is 8. The Balaban J connectivity index is 1.36. The second-order valence-corrected chi connectivity index (χ2v) is 11.5. The summed E-state index contributed by atoms with van der Waals surface area (Å²) in [6.45, 7) is 3.86. The first-order chi connectivity index (χ1) is 17.2. The van der Waals surface area contributed by atoms with Crippen molar-refractivity contribution >= 4 is 50.7 Å². The number of sulfonamides is 1. The number of hydrogen-bond donors (Lipinski definition) is 2. The van der Waals surface area contributed by atoms with E-state index in [0.717, 1.165) is 16.9 Å². The summed E-state index contributed by atoms with van der Waals surface area (Å²) < 4.78 is 28.1. The molecule has 0 saturated carbocycles. The largest absolute Gasteiger partial charge is 0.322 e. The summed E-state index contributed by atoms with van der Waals surface area (Å²) in [5.41, 5.74) is 4.54. The summed E-state index contributed by atoms with van der Waals surface area (Å²) >= 11 is 7.73. The average Bonchev–Trinajstić information content (AvgIpc) is 2.86. The summed E-state index contributed by atoms with van der Waals surface area (Å²) in [5.74, 6) is 0.542. The van der Waals surface area contributed by atoms with Gasteiger partial charge in [-0.2, -0.15) is 0 Å². The first-order valence-electron chi connectivity index (χ1n) is 11.2. The minimum absolute atomic E-state index is 0.0790. The molecule has 0 aromatic heterocycles. The van der Waals surface area contributed by atoms with Crippen LogP contribution >= 0.6 is 23.4 Å². The van der Waals surface area contributed by atoms with E-state index in [1.54, 1.807) is 61.2 Å². The van der Waals surface area contributed by atoms with E-state index in [1.807, 2.05) is 12.1 Å². The molecule has 5 nitrogen and oxygen atoms in total. The molecule has 8 heteroatoms. The Hall–Kier alpha value is -3.26. The minimum Gasteiger partial charge on any atom is -0.322 e. The van der Waals surface area contributed by atoms with Gasteiger partial charge in [-0.1, -0.05) is 47.5 Å². The van der Waals surface area contributed by atoms with Gasteiger partial charge in [0, 0.05) is 26.9 Å². The van der Waals surface area contributed by atoms with E-state index >= 15 is 0 Å². The number of halogens is 1. The number of carbonyl (C=O) groups excluding carboxylic acids is 1. The fourth-order valence-electron chi connectivity index (χ4n) is 3.38. The number of anilines is 2. The van der Waals surface area contributed by atoms with Crippen molar-refractivity contribution in [3.63, 3.8) is 0 Å². The molecule has 0 spiro atoms. The average molecular weight is 537 g/mol. The molecule has 4 rings (SSSR count). The molecule has 4 aromatic rings. The molecule has 0 aliphatic carbocycles. The monoisotopic (exact) mass is 536 g/mol. The first-order valence-corrected chi connectivity index (χ1v) is 14.0. The molecule has 0 heterocycles.